The van der Waals surface area contributed by atoms with E-state index in [-0.39, 0.29) is 0 Å². The highest BCUT2D eigenvalue weighted by Gasteiger charge is 2.32. The number of likely N-dealkylation sites (N-methyl/N-ethyl adjacent to an activating group) is 1. The van der Waals surface area contributed by atoms with E-state index in [0.717, 1.165) is 37.0 Å². The molecule has 4 heteroatoms. The van der Waals surface area contributed by atoms with Crippen LogP contribution in [0.5, 0.6) is 0 Å². The standard InChI is InChI=1S/C17H32N4/c1-5-9-13-10-11-14(18-8-4)15(12-13)21-17(7-3)19-16(6-2)20-21/h13-15,18H,5-12H2,1-4H3. The Labute approximate surface area is 129 Å². The molecule has 1 aliphatic carbocycles. The van der Waals surface area contributed by atoms with Crippen molar-refractivity contribution in [3.63, 3.8) is 0 Å². The fraction of sp³-hybridized carbons (Fsp3) is 0.882. The zero-order chi connectivity index (χ0) is 15.2. The smallest absolute Gasteiger partial charge is 0.150 e. The van der Waals surface area contributed by atoms with Crippen LogP contribution in [-0.2, 0) is 12.8 Å². The molecule has 0 aromatic carbocycles. The minimum Gasteiger partial charge on any atom is -0.312 e. The van der Waals surface area contributed by atoms with Gasteiger partial charge >= 0.3 is 0 Å². The summed E-state index contributed by atoms with van der Waals surface area (Å²) < 4.78 is 2.26. The third kappa shape index (κ3) is 3.85. The summed E-state index contributed by atoms with van der Waals surface area (Å²) >= 11 is 0. The van der Waals surface area contributed by atoms with Gasteiger partial charge in [0.05, 0.1) is 6.04 Å². The van der Waals surface area contributed by atoms with Crippen LogP contribution >= 0.6 is 0 Å². The molecular weight excluding hydrogens is 260 g/mol. The molecule has 1 N–H and O–H groups in total. The van der Waals surface area contributed by atoms with Crippen molar-refractivity contribution in [2.24, 2.45) is 5.92 Å². The molecule has 21 heavy (non-hydrogen) atoms. The van der Waals surface area contributed by atoms with Crippen LogP contribution in [0.4, 0.5) is 0 Å². The Bertz CT molecular complexity index is 426. The Morgan fingerprint density at radius 2 is 1.95 bits per heavy atom. The average Bonchev–Trinajstić information content (AvgIpc) is 2.92. The Balaban J connectivity index is 2.23. The second-order valence-corrected chi connectivity index (χ2v) is 6.30. The van der Waals surface area contributed by atoms with E-state index in [9.17, 15) is 0 Å². The third-order valence-electron chi connectivity index (χ3n) is 4.78. The maximum Gasteiger partial charge on any atom is 0.150 e. The highest BCUT2D eigenvalue weighted by molar-refractivity contribution is 4.99. The van der Waals surface area contributed by atoms with E-state index in [1.807, 2.05) is 0 Å². The first-order valence-corrected chi connectivity index (χ1v) is 8.90. The highest BCUT2D eigenvalue weighted by atomic mass is 15.4. The second kappa shape index (κ2) is 7.92. The van der Waals surface area contributed by atoms with Crippen LogP contribution in [0.3, 0.4) is 0 Å². The molecule has 0 bridgehead atoms. The van der Waals surface area contributed by atoms with Crippen molar-refractivity contribution < 1.29 is 0 Å². The number of hydrogen-bond acceptors (Lipinski definition) is 3. The van der Waals surface area contributed by atoms with Crippen molar-refractivity contribution in [2.75, 3.05) is 6.54 Å². The van der Waals surface area contributed by atoms with E-state index in [1.54, 1.807) is 0 Å². The molecule has 3 atom stereocenters. The highest BCUT2D eigenvalue weighted by Crippen LogP contribution is 2.35. The maximum atomic E-state index is 4.82. The molecule has 0 saturated heterocycles. The van der Waals surface area contributed by atoms with Gasteiger partial charge in [0.1, 0.15) is 5.82 Å². The SMILES string of the molecule is CCCC1CCC(NCC)C(n2nc(CC)nc2CC)C1. The lowest BCUT2D eigenvalue weighted by Crippen LogP contribution is -2.42. The van der Waals surface area contributed by atoms with Crippen LogP contribution in [0.15, 0.2) is 0 Å². The molecule has 1 aromatic heterocycles. The zero-order valence-corrected chi connectivity index (χ0v) is 14.2. The van der Waals surface area contributed by atoms with Gasteiger partial charge in [0.15, 0.2) is 5.82 Å². The van der Waals surface area contributed by atoms with Crippen LogP contribution in [0, 0.1) is 5.92 Å². The predicted octanol–water partition coefficient (Wildman–Crippen LogP) is 3.52. The summed E-state index contributed by atoms with van der Waals surface area (Å²) in [6.07, 6.45) is 8.43. The van der Waals surface area contributed by atoms with Gasteiger partial charge < -0.3 is 5.32 Å². The minimum atomic E-state index is 0.484. The molecule has 1 aromatic rings. The monoisotopic (exact) mass is 292 g/mol. The van der Waals surface area contributed by atoms with Gasteiger partial charge in [-0.15, -0.1) is 0 Å². The van der Waals surface area contributed by atoms with E-state index >= 15 is 0 Å². The number of nitrogens with one attached hydrogen (secondary N) is 1. The molecule has 1 heterocycles. The fourth-order valence-electron chi connectivity index (χ4n) is 3.73. The lowest BCUT2D eigenvalue weighted by molar-refractivity contribution is 0.184. The van der Waals surface area contributed by atoms with Gasteiger partial charge in [-0.05, 0) is 31.7 Å². The van der Waals surface area contributed by atoms with Gasteiger partial charge in [0.25, 0.3) is 0 Å². The van der Waals surface area contributed by atoms with E-state index in [4.69, 9.17) is 10.1 Å². The van der Waals surface area contributed by atoms with Crippen molar-refractivity contribution in [1.82, 2.24) is 20.1 Å². The molecule has 120 valence electrons. The molecular formula is C17H32N4. The summed E-state index contributed by atoms with van der Waals surface area (Å²) in [4.78, 5) is 4.71. The van der Waals surface area contributed by atoms with Gasteiger partial charge in [0, 0.05) is 18.9 Å². The largest absolute Gasteiger partial charge is 0.312 e. The van der Waals surface area contributed by atoms with Crippen LogP contribution in [0.2, 0.25) is 0 Å². The first kappa shape index (κ1) is 16.5. The molecule has 1 saturated carbocycles. The molecule has 0 aliphatic heterocycles. The molecule has 1 fully saturated rings. The Morgan fingerprint density at radius 3 is 2.57 bits per heavy atom. The summed E-state index contributed by atoms with van der Waals surface area (Å²) in [7, 11) is 0. The molecule has 0 radical (unpaired) electrons. The second-order valence-electron chi connectivity index (χ2n) is 6.30. The Hall–Kier alpha value is -0.900. The first-order chi connectivity index (χ1) is 10.2. The van der Waals surface area contributed by atoms with Crippen LogP contribution < -0.4 is 5.32 Å². The number of aryl methyl sites for hydroxylation is 2. The van der Waals surface area contributed by atoms with E-state index in [0.29, 0.717) is 12.1 Å². The van der Waals surface area contributed by atoms with Crippen molar-refractivity contribution >= 4 is 0 Å². The predicted molar refractivity (Wildman–Crippen MR) is 87.5 cm³/mol. The average molecular weight is 292 g/mol. The zero-order valence-electron chi connectivity index (χ0n) is 14.2. The van der Waals surface area contributed by atoms with Crippen LogP contribution in [0.25, 0.3) is 0 Å². The summed E-state index contributed by atoms with van der Waals surface area (Å²) in [5, 5.41) is 8.50. The van der Waals surface area contributed by atoms with Gasteiger partial charge in [-0.1, -0.05) is 40.5 Å². The lowest BCUT2D eigenvalue weighted by atomic mass is 9.80. The maximum absolute atomic E-state index is 4.82. The van der Waals surface area contributed by atoms with Gasteiger partial charge in [0.2, 0.25) is 0 Å². The summed E-state index contributed by atoms with van der Waals surface area (Å²) in [5.74, 6) is 3.02. The van der Waals surface area contributed by atoms with Crippen LogP contribution in [-0.4, -0.2) is 27.4 Å². The normalized spacial score (nSPS) is 26.2. The molecule has 1 aliphatic rings. The van der Waals surface area contributed by atoms with Crippen molar-refractivity contribution in [3.8, 4) is 0 Å². The van der Waals surface area contributed by atoms with E-state index in [1.165, 1.54) is 32.1 Å². The number of rotatable bonds is 7. The number of hydrogen-bond donors (Lipinski definition) is 1. The molecule has 2 rings (SSSR count). The topological polar surface area (TPSA) is 42.7 Å². The van der Waals surface area contributed by atoms with E-state index in [2.05, 4.69) is 37.7 Å². The van der Waals surface area contributed by atoms with Gasteiger partial charge in [-0.3, -0.25) is 0 Å². The first-order valence-electron chi connectivity index (χ1n) is 8.90. The van der Waals surface area contributed by atoms with Gasteiger partial charge in [-0.2, -0.15) is 5.10 Å². The Morgan fingerprint density at radius 1 is 1.14 bits per heavy atom. The number of aromatic nitrogens is 3. The van der Waals surface area contributed by atoms with Gasteiger partial charge in [-0.25, -0.2) is 9.67 Å². The fourth-order valence-corrected chi connectivity index (χ4v) is 3.73. The third-order valence-corrected chi connectivity index (χ3v) is 4.78. The Kier molecular flexibility index (Phi) is 6.22. The molecule has 4 nitrogen and oxygen atoms in total. The summed E-state index contributed by atoms with van der Waals surface area (Å²) in [5.41, 5.74) is 0. The summed E-state index contributed by atoms with van der Waals surface area (Å²) in [6, 6.07) is 1.04. The van der Waals surface area contributed by atoms with Crippen LogP contribution in [0.1, 0.15) is 77.5 Å². The summed E-state index contributed by atoms with van der Waals surface area (Å²) in [6.45, 7) is 9.87. The van der Waals surface area contributed by atoms with Crippen molar-refractivity contribution in [3.05, 3.63) is 11.6 Å². The van der Waals surface area contributed by atoms with Crippen molar-refractivity contribution in [1.29, 1.82) is 0 Å². The molecule has 0 spiro atoms. The lowest BCUT2D eigenvalue weighted by Gasteiger charge is -2.37. The number of nitrogens with zero attached hydrogens (tertiary/aromatic N) is 3. The van der Waals surface area contributed by atoms with E-state index < -0.39 is 0 Å². The van der Waals surface area contributed by atoms with Crippen molar-refractivity contribution in [2.45, 2.75) is 84.7 Å². The minimum absolute atomic E-state index is 0.484. The quantitative estimate of drug-likeness (QED) is 0.836. The molecule has 0 amide bonds. The molecule has 3 unspecified atom stereocenters.